The van der Waals surface area contributed by atoms with Gasteiger partial charge in [-0.15, -0.1) is 12.4 Å². The van der Waals surface area contributed by atoms with E-state index in [9.17, 15) is 13.2 Å². The van der Waals surface area contributed by atoms with E-state index in [2.05, 4.69) is 6.07 Å². The predicted octanol–water partition coefficient (Wildman–Crippen LogP) is 4.03. The van der Waals surface area contributed by atoms with Gasteiger partial charge in [0, 0.05) is 31.7 Å². The minimum Gasteiger partial charge on any atom is -0.373 e. The summed E-state index contributed by atoms with van der Waals surface area (Å²) in [6, 6.07) is 12.2. The van der Waals surface area contributed by atoms with Crippen LogP contribution in [-0.2, 0) is 14.8 Å². The first kappa shape index (κ1) is 28.5. The number of halogens is 1. The van der Waals surface area contributed by atoms with Crippen LogP contribution >= 0.6 is 23.7 Å². The molecule has 2 atom stereocenters. The number of ether oxygens (including phenoxy) is 1. The molecule has 0 spiro atoms. The molecule has 2 unspecified atom stereocenters. The molecule has 8 nitrogen and oxygen atoms in total. The third-order valence-corrected chi connectivity index (χ3v) is 8.79. The molecule has 1 aromatic heterocycles. The number of hydrogen-bond donors (Lipinski definition) is 0. The topological polar surface area (TPSA) is 83.1 Å². The van der Waals surface area contributed by atoms with Crippen LogP contribution in [0.15, 0.2) is 47.4 Å². The van der Waals surface area contributed by atoms with E-state index in [0.29, 0.717) is 36.9 Å². The van der Waals surface area contributed by atoms with Gasteiger partial charge in [-0.2, -0.15) is 4.31 Å². The van der Waals surface area contributed by atoms with Crippen LogP contribution in [0.4, 0.5) is 5.13 Å². The zero-order valence-electron chi connectivity index (χ0n) is 21.2. The van der Waals surface area contributed by atoms with Gasteiger partial charge in [-0.05, 0) is 76.8 Å². The molecule has 2 aromatic carbocycles. The van der Waals surface area contributed by atoms with Crippen molar-refractivity contribution in [1.82, 2.24) is 14.2 Å². The van der Waals surface area contributed by atoms with Gasteiger partial charge >= 0.3 is 0 Å². The summed E-state index contributed by atoms with van der Waals surface area (Å²) in [6.07, 6.45) is -0.338. The number of benzene rings is 2. The summed E-state index contributed by atoms with van der Waals surface area (Å²) in [7, 11) is 0.237. The highest BCUT2D eigenvalue weighted by atomic mass is 35.5. The molecule has 0 N–H and O–H groups in total. The van der Waals surface area contributed by atoms with Gasteiger partial charge in [0.05, 0.1) is 27.3 Å². The second kappa shape index (κ2) is 11.5. The quantitative estimate of drug-likeness (QED) is 0.440. The number of thiazole rings is 1. The molecule has 1 aliphatic heterocycles. The lowest BCUT2D eigenvalue weighted by molar-refractivity contribution is -0.0440. The minimum atomic E-state index is -3.67. The number of carbonyl (C=O) groups excluding carboxylic acids is 1. The van der Waals surface area contributed by atoms with E-state index >= 15 is 0 Å². The SMILES string of the molecule is Cc1ccc2nc(N(CCN(C)C)C(=O)c3ccc(S(=O)(=O)N4CC(C)OC(C)C4)cc3)sc2c1.Cl. The van der Waals surface area contributed by atoms with E-state index in [0.717, 1.165) is 15.8 Å². The van der Waals surface area contributed by atoms with Crippen molar-refractivity contribution in [3.05, 3.63) is 53.6 Å². The molecule has 1 fully saturated rings. The predicted molar refractivity (Wildman–Crippen MR) is 147 cm³/mol. The number of fused-ring (bicyclic) bond motifs is 1. The molecular weight excluding hydrogens is 520 g/mol. The van der Waals surface area contributed by atoms with Crippen LogP contribution in [0.5, 0.6) is 0 Å². The standard InChI is InChI=1S/C25H32N4O4S2.ClH/c1-17-6-11-22-23(14-17)34-25(26-22)29(13-12-27(4)5)24(30)20-7-9-21(10-8-20)35(31,32)28-15-18(2)33-19(3)16-28;/h6-11,14,18-19H,12-13,15-16H2,1-5H3;1H. The minimum absolute atomic E-state index is 0. The Bertz CT molecular complexity index is 1300. The number of rotatable bonds is 7. The second-order valence-electron chi connectivity index (χ2n) is 9.33. The van der Waals surface area contributed by atoms with Crippen LogP contribution in [0, 0.1) is 6.92 Å². The summed E-state index contributed by atoms with van der Waals surface area (Å²) in [6.45, 7) is 7.51. The van der Waals surface area contributed by atoms with E-state index in [1.54, 1.807) is 17.0 Å². The normalized spacial score (nSPS) is 18.8. The van der Waals surface area contributed by atoms with E-state index in [1.165, 1.54) is 27.8 Å². The van der Waals surface area contributed by atoms with Gasteiger partial charge in [0.1, 0.15) is 0 Å². The van der Waals surface area contributed by atoms with E-state index in [-0.39, 0.29) is 35.4 Å². The summed E-state index contributed by atoms with van der Waals surface area (Å²) in [5, 5.41) is 0.630. The van der Waals surface area contributed by atoms with Crippen LogP contribution in [-0.4, -0.2) is 81.0 Å². The van der Waals surface area contributed by atoms with Crippen LogP contribution in [0.2, 0.25) is 0 Å². The largest absolute Gasteiger partial charge is 0.373 e. The van der Waals surface area contributed by atoms with E-state index in [1.807, 2.05) is 51.9 Å². The Morgan fingerprint density at radius 2 is 1.72 bits per heavy atom. The van der Waals surface area contributed by atoms with Gasteiger partial charge in [-0.3, -0.25) is 9.69 Å². The molecule has 3 aromatic rings. The summed E-state index contributed by atoms with van der Waals surface area (Å²) in [5.74, 6) is -0.208. The summed E-state index contributed by atoms with van der Waals surface area (Å²) in [4.78, 5) is 22.1. The number of morpholine rings is 1. The highest BCUT2D eigenvalue weighted by Gasteiger charge is 2.32. The number of aryl methyl sites for hydroxylation is 1. The fourth-order valence-electron chi connectivity index (χ4n) is 4.12. The van der Waals surface area contributed by atoms with Crippen molar-refractivity contribution < 1.29 is 17.9 Å². The monoisotopic (exact) mass is 552 g/mol. The highest BCUT2D eigenvalue weighted by Crippen LogP contribution is 2.31. The number of carbonyl (C=O) groups is 1. The average molecular weight is 553 g/mol. The van der Waals surface area contributed by atoms with Crippen molar-refractivity contribution in [3.63, 3.8) is 0 Å². The molecule has 4 rings (SSSR count). The number of anilines is 1. The number of hydrogen-bond acceptors (Lipinski definition) is 7. The Morgan fingerprint density at radius 3 is 2.33 bits per heavy atom. The van der Waals surface area contributed by atoms with Gasteiger partial charge in [-0.25, -0.2) is 13.4 Å². The molecular formula is C25H33ClN4O4S2. The van der Waals surface area contributed by atoms with Crippen molar-refractivity contribution in [3.8, 4) is 0 Å². The third kappa shape index (κ3) is 6.24. The van der Waals surface area contributed by atoms with Gasteiger partial charge in [-0.1, -0.05) is 17.4 Å². The maximum absolute atomic E-state index is 13.5. The number of likely N-dealkylation sites (N-methyl/N-ethyl adjacent to an activating group) is 1. The zero-order valence-corrected chi connectivity index (χ0v) is 23.6. The molecule has 2 heterocycles. The second-order valence-corrected chi connectivity index (χ2v) is 12.3. The lowest BCUT2D eigenvalue weighted by Gasteiger charge is -2.34. The van der Waals surface area contributed by atoms with Gasteiger partial charge in [0.15, 0.2) is 5.13 Å². The number of aromatic nitrogens is 1. The Hall–Kier alpha value is -2.08. The van der Waals surface area contributed by atoms with Crippen LogP contribution < -0.4 is 4.90 Å². The molecule has 0 bridgehead atoms. The number of amides is 1. The Labute approximate surface area is 223 Å². The average Bonchev–Trinajstić information content (AvgIpc) is 3.21. The van der Waals surface area contributed by atoms with Crippen LogP contribution in [0.3, 0.4) is 0 Å². The fraction of sp³-hybridized carbons (Fsp3) is 0.440. The fourth-order valence-corrected chi connectivity index (χ4v) is 6.80. The first-order valence-corrected chi connectivity index (χ1v) is 13.9. The highest BCUT2D eigenvalue weighted by molar-refractivity contribution is 7.89. The summed E-state index contributed by atoms with van der Waals surface area (Å²) >= 11 is 1.48. The van der Waals surface area contributed by atoms with E-state index < -0.39 is 10.0 Å². The lowest BCUT2D eigenvalue weighted by Crippen LogP contribution is -2.48. The molecule has 196 valence electrons. The van der Waals surface area contributed by atoms with Crippen molar-refractivity contribution in [2.24, 2.45) is 0 Å². The first-order chi connectivity index (χ1) is 16.5. The van der Waals surface area contributed by atoms with Gasteiger partial charge in [0.25, 0.3) is 5.91 Å². The number of sulfonamides is 1. The van der Waals surface area contributed by atoms with Gasteiger partial charge < -0.3 is 9.64 Å². The van der Waals surface area contributed by atoms with Crippen molar-refractivity contribution in [2.45, 2.75) is 37.9 Å². The first-order valence-electron chi connectivity index (χ1n) is 11.6. The van der Waals surface area contributed by atoms with Crippen LogP contribution in [0.25, 0.3) is 10.2 Å². The molecule has 0 aliphatic carbocycles. The maximum atomic E-state index is 13.5. The van der Waals surface area contributed by atoms with Crippen molar-refractivity contribution in [1.29, 1.82) is 0 Å². The molecule has 1 saturated heterocycles. The Morgan fingerprint density at radius 1 is 1.08 bits per heavy atom. The molecule has 36 heavy (non-hydrogen) atoms. The molecule has 1 aliphatic rings. The summed E-state index contributed by atoms with van der Waals surface area (Å²) < 4.78 is 34.5. The molecule has 11 heteroatoms. The van der Waals surface area contributed by atoms with Gasteiger partial charge in [0.2, 0.25) is 10.0 Å². The maximum Gasteiger partial charge on any atom is 0.260 e. The molecule has 0 saturated carbocycles. The van der Waals surface area contributed by atoms with E-state index in [4.69, 9.17) is 9.72 Å². The molecule has 1 amide bonds. The Kier molecular flexibility index (Phi) is 9.13. The van der Waals surface area contributed by atoms with Crippen molar-refractivity contribution >= 4 is 55.0 Å². The zero-order chi connectivity index (χ0) is 25.3. The molecule has 0 radical (unpaired) electrons. The lowest BCUT2D eigenvalue weighted by atomic mass is 10.2. The smallest absolute Gasteiger partial charge is 0.260 e. The summed E-state index contributed by atoms with van der Waals surface area (Å²) in [5.41, 5.74) is 2.41. The third-order valence-electron chi connectivity index (χ3n) is 5.90. The van der Waals surface area contributed by atoms with Crippen LogP contribution in [0.1, 0.15) is 29.8 Å². The number of nitrogens with zero attached hydrogens (tertiary/aromatic N) is 4. The Balaban J connectivity index is 0.00000361. The van der Waals surface area contributed by atoms with Crippen molar-refractivity contribution in [2.75, 3.05) is 45.2 Å².